The lowest BCUT2D eigenvalue weighted by atomic mass is 10.1. The van der Waals surface area contributed by atoms with E-state index in [-0.39, 0.29) is 5.91 Å². The Hall–Kier alpha value is -0.650. The Bertz CT molecular complexity index is 230. The van der Waals surface area contributed by atoms with E-state index in [2.05, 4.69) is 15.5 Å². The highest BCUT2D eigenvalue weighted by Gasteiger charge is 2.14. The lowest BCUT2D eigenvalue weighted by Crippen LogP contribution is -2.35. The van der Waals surface area contributed by atoms with E-state index < -0.39 is 0 Å². The van der Waals surface area contributed by atoms with E-state index in [9.17, 15) is 4.79 Å². The van der Waals surface area contributed by atoms with Crippen molar-refractivity contribution in [3.8, 4) is 0 Å². The summed E-state index contributed by atoms with van der Waals surface area (Å²) >= 11 is 0. The average Bonchev–Trinajstić information content (AvgIpc) is 2.87. The van der Waals surface area contributed by atoms with Gasteiger partial charge in [-0.3, -0.25) is 4.79 Å². The van der Waals surface area contributed by atoms with Gasteiger partial charge in [-0.05, 0) is 32.9 Å². The highest BCUT2D eigenvalue weighted by atomic mass is 16.5. The second-order valence-electron chi connectivity index (χ2n) is 4.98. The number of nitrogens with zero attached hydrogens (tertiary/aromatic N) is 1. The van der Waals surface area contributed by atoms with Crippen molar-refractivity contribution in [2.24, 2.45) is 0 Å². The van der Waals surface area contributed by atoms with E-state index >= 15 is 0 Å². The van der Waals surface area contributed by atoms with Crippen molar-refractivity contribution in [3.05, 3.63) is 0 Å². The Balaban J connectivity index is 1.95. The van der Waals surface area contributed by atoms with Gasteiger partial charge in [0.15, 0.2) is 0 Å². The van der Waals surface area contributed by atoms with Crippen molar-refractivity contribution >= 4 is 5.91 Å². The number of hydrogen-bond acceptors (Lipinski definition) is 4. The van der Waals surface area contributed by atoms with Crippen LogP contribution in [-0.2, 0) is 9.53 Å². The molecule has 1 aliphatic heterocycles. The molecule has 1 rings (SSSR count). The summed E-state index contributed by atoms with van der Waals surface area (Å²) in [7, 11) is 3.74. The largest absolute Gasteiger partial charge is 0.383 e. The summed E-state index contributed by atoms with van der Waals surface area (Å²) in [5.41, 5.74) is 0. The standard InChI is InChI=1S/C13H27N3O2/c1-16(10-11-18-2)9-8-15-13(17)6-5-12-4-3-7-14-12/h12,14H,3-11H2,1-2H3,(H,15,17). The number of amides is 1. The molecule has 0 aromatic rings. The van der Waals surface area contributed by atoms with Gasteiger partial charge < -0.3 is 20.3 Å². The molecular weight excluding hydrogens is 230 g/mol. The van der Waals surface area contributed by atoms with E-state index in [0.717, 1.165) is 39.2 Å². The predicted molar refractivity (Wildman–Crippen MR) is 72.6 cm³/mol. The summed E-state index contributed by atoms with van der Waals surface area (Å²) in [6.07, 6.45) is 4.06. The van der Waals surface area contributed by atoms with Crippen molar-refractivity contribution in [1.82, 2.24) is 15.5 Å². The van der Waals surface area contributed by atoms with Crippen LogP contribution in [0.25, 0.3) is 0 Å². The number of methoxy groups -OCH3 is 1. The normalized spacial score (nSPS) is 19.4. The van der Waals surface area contributed by atoms with Crippen LogP contribution >= 0.6 is 0 Å². The van der Waals surface area contributed by atoms with Crippen LogP contribution in [0.5, 0.6) is 0 Å². The molecule has 0 bridgehead atoms. The zero-order valence-electron chi connectivity index (χ0n) is 11.7. The molecule has 5 heteroatoms. The molecule has 0 saturated carbocycles. The van der Waals surface area contributed by atoms with Gasteiger partial charge in [-0.15, -0.1) is 0 Å². The van der Waals surface area contributed by atoms with Crippen LogP contribution in [0.15, 0.2) is 0 Å². The molecule has 1 fully saturated rings. The molecule has 0 aromatic heterocycles. The Morgan fingerprint density at radius 2 is 2.33 bits per heavy atom. The van der Waals surface area contributed by atoms with Crippen LogP contribution in [0.2, 0.25) is 0 Å². The number of carbonyl (C=O) groups excluding carboxylic acids is 1. The Labute approximate surface area is 110 Å². The molecule has 1 atom stereocenters. The SMILES string of the molecule is COCCN(C)CCNC(=O)CCC1CCCN1. The minimum atomic E-state index is 0.170. The minimum Gasteiger partial charge on any atom is -0.383 e. The van der Waals surface area contributed by atoms with Crippen molar-refractivity contribution < 1.29 is 9.53 Å². The number of rotatable bonds is 9. The summed E-state index contributed by atoms with van der Waals surface area (Å²) < 4.78 is 5.00. The van der Waals surface area contributed by atoms with Crippen LogP contribution in [0.3, 0.4) is 0 Å². The topological polar surface area (TPSA) is 53.6 Å². The number of ether oxygens (including phenoxy) is 1. The van der Waals surface area contributed by atoms with Crippen LogP contribution in [0.4, 0.5) is 0 Å². The summed E-state index contributed by atoms with van der Waals surface area (Å²) in [6, 6.07) is 0.556. The first-order valence-electron chi connectivity index (χ1n) is 6.90. The zero-order chi connectivity index (χ0) is 13.2. The van der Waals surface area contributed by atoms with Gasteiger partial charge in [0.2, 0.25) is 5.91 Å². The predicted octanol–water partition coefficient (Wildman–Crippen LogP) is 0.213. The van der Waals surface area contributed by atoms with Gasteiger partial charge in [-0.2, -0.15) is 0 Å². The molecule has 0 aromatic carbocycles. The maximum absolute atomic E-state index is 11.6. The van der Waals surface area contributed by atoms with E-state index in [1.807, 2.05) is 7.05 Å². The van der Waals surface area contributed by atoms with Gasteiger partial charge in [0, 0.05) is 39.2 Å². The summed E-state index contributed by atoms with van der Waals surface area (Å²) in [5, 5.41) is 6.37. The highest BCUT2D eigenvalue weighted by Crippen LogP contribution is 2.10. The number of likely N-dealkylation sites (N-methyl/N-ethyl adjacent to an activating group) is 1. The molecular formula is C13H27N3O2. The molecule has 1 amide bonds. The lowest BCUT2D eigenvalue weighted by Gasteiger charge is -2.16. The van der Waals surface area contributed by atoms with Crippen molar-refractivity contribution in [2.45, 2.75) is 31.7 Å². The number of carbonyl (C=O) groups is 1. The highest BCUT2D eigenvalue weighted by molar-refractivity contribution is 5.75. The quantitative estimate of drug-likeness (QED) is 0.620. The van der Waals surface area contributed by atoms with Crippen LogP contribution in [0, 0.1) is 0 Å². The van der Waals surface area contributed by atoms with Crippen LogP contribution in [-0.4, -0.2) is 63.8 Å². The van der Waals surface area contributed by atoms with E-state index in [0.29, 0.717) is 12.5 Å². The first-order valence-corrected chi connectivity index (χ1v) is 6.90. The maximum atomic E-state index is 11.6. The van der Waals surface area contributed by atoms with Crippen LogP contribution in [0.1, 0.15) is 25.7 Å². The number of hydrogen-bond donors (Lipinski definition) is 2. The third-order valence-electron chi connectivity index (χ3n) is 3.38. The molecule has 2 N–H and O–H groups in total. The van der Waals surface area contributed by atoms with Gasteiger partial charge in [0.05, 0.1) is 6.61 Å². The molecule has 0 aliphatic carbocycles. The van der Waals surface area contributed by atoms with Crippen molar-refractivity contribution in [3.63, 3.8) is 0 Å². The van der Waals surface area contributed by atoms with Crippen LogP contribution < -0.4 is 10.6 Å². The number of nitrogens with one attached hydrogen (secondary N) is 2. The first-order chi connectivity index (χ1) is 8.72. The molecule has 1 heterocycles. The average molecular weight is 257 g/mol. The Morgan fingerprint density at radius 3 is 3.00 bits per heavy atom. The zero-order valence-corrected chi connectivity index (χ0v) is 11.7. The molecule has 0 radical (unpaired) electrons. The Kier molecular flexibility index (Phi) is 7.96. The molecule has 1 aliphatic rings. The fourth-order valence-corrected chi connectivity index (χ4v) is 2.14. The lowest BCUT2D eigenvalue weighted by molar-refractivity contribution is -0.121. The monoisotopic (exact) mass is 257 g/mol. The smallest absolute Gasteiger partial charge is 0.220 e. The van der Waals surface area contributed by atoms with E-state index in [4.69, 9.17) is 4.74 Å². The maximum Gasteiger partial charge on any atom is 0.220 e. The summed E-state index contributed by atoms with van der Waals surface area (Å²) in [4.78, 5) is 13.8. The van der Waals surface area contributed by atoms with Crippen molar-refractivity contribution in [1.29, 1.82) is 0 Å². The molecule has 106 valence electrons. The fourth-order valence-electron chi connectivity index (χ4n) is 2.14. The third kappa shape index (κ3) is 6.93. The second kappa shape index (κ2) is 9.30. The fraction of sp³-hybridized carbons (Fsp3) is 0.923. The summed E-state index contributed by atoms with van der Waals surface area (Å²) in [5.74, 6) is 0.170. The Morgan fingerprint density at radius 1 is 1.50 bits per heavy atom. The molecule has 18 heavy (non-hydrogen) atoms. The van der Waals surface area contributed by atoms with Gasteiger partial charge >= 0.3 is 0 Å². The molecule has 1 saturated heterocycles. The van der Waals surface area contributed by atoms with Gasteiger partial charge in [0.1, 0.15) is 0 Å². The van der Waals surface area contributed by atoms with E-state index in [1.54, 1.807) is 7.11 Å². The molecule has 1 unspecified atom stereocenters. The third-order valence-corrected chi connectivity index (χ3v) is 3.38. The summed E-state index contributed by atoms with van der Waals surface area (Å²) in [6.45, 7) is 4.33. The minimum absolute atomic E-state index is 0.170. The van der Waals surface area contributed by atoms with Gasteiger partial charge in [0.25, 0.3) is 0 Å². The second-order valence-corrected chi connectivity index (χ2v) is 4.98. The van der Waals surface area contributed by atoms with Crippen molar-refractivity contribution in [2.75, 3.05) is 46.9 Å². The molecule has 0 spiro atoms. The first kappa shape index (κ1) is 15.4. The molecule has 5 nitrogen and oxygen atoms in total. The van der Waals surface area contributed by atoms with Gasteiger partial charge in [-0.25, -0.2) is 0 Å². The van der Waals surface area contributed by atoms with E-state index in [1.165, 1.54) is 12.8 Å². The van der Waals surface area contributed by atoms with Gasteiger partial charge in [-0.1, -0.05) is 0 Å².